The van der Waals surface area contributed by atoms with Crippen molar-refractivity contribution in [3.05, 3.63) is 64.1 Å². The molecule has 0 unspecified atom stereocenters. The van der Waals surface area contributed by atoms with E-state index in [1.807, 2.05) is 18.4 Å². The van der Waals surface area contributed by atoms with Crippen molar-refractivity contribution >= 4 is 16.9 Å². The molecule has 0 bridgehead atoms. The van der Waals surface area contributed by atoms with Crippen molar-refractivity contribution in [1.82, 2.24) is 24.6 Å². The zero-order valence-electron chi connectivity index (χ0n) is 17.9. The molecule has 0 N–H and O–H groups in total. The first-order chi connectivity index (χ1) is 15.5. The molecule has 0 aliphatic carbocycles. The quantitative estimate of drug-likeness (QED) is 0.485. The number of carbonyl (C=O) groups excluding carboxylic acids is 1. The predicted octanol–water partition coefficient (Wildman–Crippen LogP) is 3.39. The second kappa shape index (κ2) is 8.07. The number of fused-ring (bicyclic) bond motifs is 1. The Morgan fingerprint density at radius 3 is 2.72 bits per heavy atom. The minimum absolute atomic E-state index is 0.0614. The van der Waals surface area contributed by atoms with Crippen LogP contribution in [0.3, 0.4) is 0 Å². The van der Waals surface area contributed by atoms with Crippen LogP contribution < -0.4 is 5.43 Å². The Labute approximate surface area is 183 Å². The molecule has 9 nitrogen and oxygen atoms in total. The third kappa shape index (κ3) is 3.49. The van der Waals surface area contributed by atoms with Crippen molar-refractivity contribution < 1.29 is 13.6 Å². The fourth-order valence-corrected chi connectivity index (χ4v) is 4.15. The summed E-state index contributed by atoms with van der Waals surface area (Å²) in [6.45, 7) is 5.49. The number of pyridine rings is 2. The summed E-state index contributed by atoms with van der Waals surface area (Å²) in [4.78, 5) is 32.5. The summed E-state index contributed by atoms with van der Waals surface area (Å²) in [6.07, 6.45) is 4.56. The summed E-state index contributed by atoms with van der Waals surface area (Å²) in [6, 6.07) is 7.08. The maximum atomic E-state index is 13.2. The number of piperidine rings is 1. The van der Waals surface area contributed by atoms with E-state index in [-0.39, 0.29) is 22.8 Å². The Balaban J connectivity index is 1.35. The van der Waals surface area contributed by atoms with Gasteiger partial charge in [0.05, 0.1) is 11.6 Å². The number of likely N-dealkylation sites (tertiary alicyclic amines) is 1. The van der Waals surface area contributed by atoms with E-state index in [0.29, 0.717) is 61.1 Å². The largest absolute Gasteiger partial charge is 0.459 e. The number of aromatic nitrogens is 4. The number of hydrogen-bond acceptors (Lipinski definition) is 7. The van der Waals surface area contributed by atoms with Crippen LogP contribution >= 0.6 is 0 Å². The van der Waals surface area contributed by atoms with Gasteiger partial charge in [0.25, 0.3) is 11.8 Å². The van der Waals surface area contributed by atoms with E-state index in [4.69, 9.17) is 8.83 Å². The third-order valence-electron chi connectivity index (χ3n) is 5.94. The molecule has 5 heterocycles. The number of aryl methyl sites for hydroxylation is 2. The molecule has 1 aliphatic heterocycles. The molecule has 4 aromatic rings. The fraction of sp³-hybridized carbons (Fsp3) is 0.348. The molecule has 5 rings (SSSR count). The molecular weight excluding hydrogens is 410 g/mol. The first-order valence-corrected chi connectivity index (χ1v) is 10.7. The summed E-state index contributed by atoms with van der Waals surface area (Å²) in [5.74, 6) is 1.24. The smallest absolute Gasteiger partial charge is 0.283 e. The van der Waals surface area contributed by atoms with Gasteiger partial charge in [0, 0.05) is 37.4 Å². The standard InChI is InChI=1S/C23H23N5O4/c1-3-27-13-17(19(29)16-7-6-14(2)24-20(16)27)23(30)28-10-8-15(9-11-28)21-25-26-22(32-21)18-5-4-12-31-18/h4-7,12-13,15H,3,8-11H2,1-2H3. The molecule has 1 amide bonds. The SMILES string of the molecule is CCn1cc(C(=O)N2CCC(c3nnc(-c4ccco4)o3)CC2)c(=O)c2ccc(C)nc21. The number of furan rings is 1. The number of carbonyl (C=O) groups is 1. The van der Waals surface area contributed by atoms with Crippen LogP contribution in [0.15, 0.2) is 50.4 Å². The van der Waals surface area contributed by atoms with Crippen LogP contribution in [0.25, 0.3) is 22.7 Å². The van der Waals surface area contributed by atoms with Crippen LogP contribution in [0.2, 0.25) is 0 Å². The maximum Gasteiger partial charge on any atom is 0.283 e. The van der Waals surface area contributed by atoms with Gasteiger partial charge in [-0.05, 0) is 51.0 Å². The molecule has 164 valence electrons. The molecule has 32 heavy (non-hydrogen) atoms. The van der Waals surface area contributed by atoms with Gasteiger partial charge >= 0.3 is 0 Å². The number of amides is 1. The molecule has 4 aromatic heterocycles. The van der Waals surface area contributed by atoms with Crippen molar-refractivity contribution in [2.24, 2.45) is 0 Å². The fourth-order valence-electron chi connectivity index (χ4n) is 4.15. The molecule has 9 heteroatoms. The van der Waals surface area contributed by atoms with Crippen LogP contribution in [0.4, 0.5) is 0 Å². The normalized spacial score (nSPS) is 14.9. The summed E-state index contributed by atoms with van der Waals surface area (Å²) in [5.41, 5.74) is 1.35. The number of nitrogens with zero attached hydrogens (tertiary/aromatic N) is 5. The lowest BCUT2D eigenvalue weighted by molar-refractivity contribution is 0.0704. The summed E-state index contributed by atoms with van der Waals surface area (Å²) in [5, 5.41) is 8.69. The lowest BCUT2D eigenvalue weighted by Gasteiger charge is -2.30. The van der Waals surface area contributed by atoms with E-state index in [1.165, 1.54) is 0 Å². The summed E-state index contributed by atoms with van der Waals surface area (Å²) >= 11 is 0. The zero-order chi connectivity index (χ0) is 22.2. The third-order valence-corrected chi connectivity index (χ3v) is 5.94. The molecule has 1 saturated heterocycles. The van der Waals surface area contributed by atoms with E-state index in [9.17, 15) is 9.59 Å². The van der Waals surface area contributed by atoms with Crippen molar-refractivity contribution in [3.63, 3.8) is 0 Å². The lowest BCUT2D eigenvalue weighted by Crippen LogP contribution is -2.40. The molecule has 1 aliphatic rings. The van der Waals surface area contributed by atoms with Gasteiger partial charge < -0.3 is 18.3 Å². The second-order valence-electron chi connectivity index (χ2n) is 7.97. The molecule has 1 fully saturated rings. The van der Waals surface area contributed by atoms with Crippen LogP contribution in [0.5, 0.6) is 0 Å². The average molecular weight is 433 g/mol. The molecular formula is C23H23N5O4. The van der Waals surface area contributed by atoms with Crippen LogP contribution in [-0.4, -0.2) is 43.6 Å². The molecule has 0 saturated carbocycles. The first kappa shape index (κ1) is 20.2. The Morgan fingerprint density at radius 1 is 1.19 bits per heavy atom. The molecule has 0 atom stereocenters. The van der Waals surface area contributed by atoms with Gasteiger partial charge in [0.2, 0.25) is 11.3 Å². The highest BCUT2D eigenvalue weighted by Gasteiger charge is 2.29. The molecule has 0 aromatic carbocycles. The van der Waals surface area contributed by atoms with Crippen LogP contribution in [-0.2, 0) is 6.54 Å². The zero-order valence-corrected chi connectivity index (χ0v) is 17.9. The Bertz CT molecular complexity index is 1330. The van der Waals surface area contributed by atoms with E-state index in [2.05, 4.69) is 15.2 Å². The highest BCUT2D eigenvalue weighted by molar-refractivity contribution is 5.97. The van der Waals surface area contributed by atoms with E-state index in [1.54, 1.807) is 41.6 Å². The van der Waals surface area contributed by atoms with Crippen LogP contribution in [0, 0.1) is 6.92 Å². The van der Waals surface area contributed by atoms with E-state index >= 15 is 0 Å². The summed E-state index contributed by atoms with van der Waals surface area (Å²) < 4.78 is 12.9. The van der Waals surface area contributed by atoms with E-state index < -0.39 is 0 Å². The van der Waals surface area contributed by atoms with E-state index in [0.717, 1.165) is 5.69 Å². The Morgan fingerprint density at radius 2 is 2.00 bits per heavy atom. The molecule has 0 spiro atoms. The number of rotatable bonds is 4. The highest BCUT2D eigenvalue weighted by atomic mass is 16.4. The first-order valence-electron chi connectivity index (χ1n) is 10.7. The van der Waals surface area contributed by atoms with Crippen molar-refractivity contribution in [3.8, 4) is 11.7 Å². The van der Waals surface area contributed by atoms with Crippen LogP contribution in [0.1, 0.15) is 47.6 Å². The van der Waals surface area contributed by atoms with Gasteiger partial charge in [-0.3, -0.25) is 9.59 Å². The second-order valence-corrected chi connectivity index (χ2v) is 7.97. The number of hydrogen-bond donors (Lipinski definition) is 0. The molecule has 0 radical (unpaired) electrons. The Kier molecular flexibility index (Phi) is 5.08. The van der Waals surface area contributed by atoms with Crippen molar-refractivity contribution in [2.45, 2.75) is 39.2 Å². The van der Waals surface area contributed by atoms with Gasteiger partial charge in [-0.2, -0.15) is 0 Å². The monoisotopic (exact) mass is 433 g/mol. The lowest BCUT2D eigenvalue weighted by atomic mass is 9.96. The van der Waals surface area contributed by atoms with Crippen molar-refractivity contribution in [2.75, 3.05) is 13.1 Å². The van der Waals surface area contributed by atoms with Gasteiger partial charge in [0.1, 0.15) is 11.2 Å². The maximum absolute atomic E-state index is 13.2. The Hall–Kier alpha value is -3.75. The topological polar surface area (TPSA) is 107 Å². The summed E-state index contributed by atoms with van der Waals surface area (Å²) in [7, 11) is 0. The van der Waals surface area contributed by atoms with Gasteiger partial charge in [-0.1, -0.05) is 0 Å². The van der Waals surface area contributed by atoms with Gasteiger partial charge in [0.15, 0.2) is 5.76 Å². The minimum Gasteiger partial charge on any atom is -0.459 e. The van der Waals surface area contributed by atoms with Gasteiger partial charge in [-0.25, -0.2) is 4.98 Å². The minimum atomic E-state index is -0.274. The predicted molar refractivity (Wildman–Crippen MR) is 116 cm³/mol. The highest BCUT2D eigenvalue weighted by Crippen LogP contribution is 2.30. The van der Waals surface area contributed by atoms with Crippen molar-refractivity contribution in [1.29, 1.82) is 0 Å². The average Bonchev–Trinajstić information content (AvgIpc) is 3.51. The van der Waals surface area contributed by atoms with Gasteiger partial charge in [-0.15, -0.1) is 10.2 Å².